The first kappa shape index (κ1) is 48.9. The number of ether oxygens (including phenoxy) is 2. The van der Waals surface area contributed by atoms with Crippen LogP contribution in [0, 0.1) is 13.8 Å². The van der Waals surface area contributed by atoms with Crippen molar-refractivity contribution in [2.24, 2.45) is 0 Å². The van der Waals surface area contributed by atoms with Crippen LogP contribution in [0.4, 0.5) is 20.2 Å². The van der Waals surface area contributed by atoms with Crippen LogP contribution in [-0.2, 0) is 35.5 Å². The van der Waals surface area contributed by atoms with Gasteiger partial charge in [0.25, 0.3) is 5.91 Å². The van der Waals surface area contributed by atoms with Gasteiger partial charge in [-0.3, -0.25) is 19.2 Å². The summed E-state index contributed by atoms with van der Waals surface area (Å²) in [5.41, 5.74) is 1.11. The molecule has 5 rings (SSSR count). The lowest BCUT2D eigenvalue weighted by Crippen LogP contribution is -2.45. The fourth-order valence-electron chi connectivity index (χ4n) is 5.67. The summed E-state index contributed by atoms with van der Waals surface area (Å²) in [7, 11) is -3.65. The lowest BCUT2D eigenvalue weighted by atomic mass is 10.0. The van der Waals surface area contributed by atoms with Gasteiger partial charge in [-0.1, -0.05) is 71.5 Å². The molecule has 0 saturated carbocycles. The number of aryl methyl sites for hydroxylation is 3. The number of aromatic nitrogens is 3. The molecular weight excluding hydrogens is 892 g/mol. The van der Waals surface area contributed by atoms with Crippen LogP contribution in [0.15, 0.2) is 57.9 Å². The number of hydrogen-bond donors (Lipinski definition) is 1. The Hall–Kier alpha value is -3.42. The minimum Gasteiger partial charge on any atom is -0.467 e. The molecule has 0 radical (unpaired) electrons. The largest absolute Gasteiger partial charge is 0.467 e. The van der Waals surface area contributed by atoms with Crippen LogP contribution >= 0.6 is 58.0 Å². The first-order valence-corrected chi connectivity index (χ1v) is 21.4. The molecule has 14 nitrogen and oxygen atoms in total. The van der Waals surface area contributed by atoms with E-state index in [1.807, 2.05) is 38.1 Å². The van der Waals surface area contributed by atoms with E-state index in [9.17, 15) is 31.6 Å². The second-order valence-corrected chi connectivity index (χ2v) is 16.8. The smallest absolute Gasteiger partial charge is 0.355 e. The van der Waals surface area contributed by atoms with E-state index < -0.39 is 32.8 Å². The molecule has 22 heteroatoms. The minimum atomic E-state index is -3.65. The van der Waals surface area contributed by atoms with Gasteiger partial charge >= 0.3 is 12.2 Å². The highest BCUT2D eigenvalue weighted by Gasteiger charge is 2.45. The minimum absolute atomic E-state index is 0.0257. The molecular formula is C36H43Cl5F2N6O8S. The Morgan fingerprint density at radius 3 is 2.29 bits per heavy atom. The Morgan fingerprint density at radius 2 is 1.78 bits per heavy atom. The standard InChI is InChI=1S/C14H20ClNO2.C11H10Cl2F2N4O3S.C11H13Cl2NO3/c1-4-12-8-6-7-11(3)14(12)16(10-18-5-2)13(17)9-15;1-5-16-19(11(20)18(5)10(14)15)9-4-8(17-23(2,21)22)6(12)3-7(9)13;1-11(2)14(10(15)9(12)13)6-8(17-11)7-4-3-5-16-7/h6-8H,4-5,9-10H2,1-3H3;3-4,10,17H,1-2H3;3-5,8-9H,6H2,1-2H3. The SMILES string of the molecule is CC1(C)OC(c2ccco2)CN1C(=O)C(Cl)Cl.CCOCN(C(=O)CCl)c1c(C)cccc1CC.Cc1nn(-c2cc(NS(C)(=O)=O)c(Cl)cc2Cl)c(=O)n1C(F)F. The molecule has 3 heterocycles. The lowest BCUT2D eigenvalue weighted by molar-refractivity contribution is -0.144. The average Bonchev–Trinajstić information content (AvgIpc) is 3.86. The molecule has 320 valence electrons. The number of anilines is 2. The monoisotopic (exact) mass is 932 g/mol. The van der Waals surface area contributed by atoms with Crippen molar-refractivity contribution in [1.82, 2.24) is 19.2 Å². The number of carbonyl (C=O) groups is 2. The fourth-order valence-corrected chi connectivity index (χ4v) is 7.19. The molecule has 0 bridgehead atoms. The average molecular weight is 935 g/mol. The first-order chi connectivity index (χ1) is 27.1. The quantitative estimate of drug-likeness (QED) is 0.109. The zero-order valence-corrected chi connectivity index (χ0v) is 37.0. The van der Waals surface area contributed by atoms with Gasteiger partial charge in [0.2, 0.25) is 15.9 Å². The van der Waals surface area contributed by atoms with E-state index in [2.05, 4.69) is 16.7 Å². The van der Waals surface area contributed by atoms with Crippen molar-refractivity contribution < 1.29 is 40.7 Å². The van der Waals surface area contributed by atoms with Crippen molar-refractivity contribution in [3.8, 4) is 5.69 Å². The third kappa shape index (κ3) is 12.5. The summed E-state index contributed by atoms with van der Waals surface area (Å²) in [6, 6.07) is 11.9. The van der Waals surface area contributed by atoms with E-state index in [4.69, 9.17) is 71.9 Å². The number of sulfonamides is 1. The van der Waals surface area contributed by atoms with Crippen molar-refractivity contribution in [1.29, 1.82) is 0 Å². The van der Waals surface area contributed by atoms with Crippen LogP contribution in [0.1, 0.15) is 63.1 Å². The van der Waals surface area contributed by atoms with Gasteiger partial charge in [-0.05, 0) is 76.4 Å². The molecule has 2 amide bonds. The van der Waals surface area contributed by atoms with Crippen LogP contribution in [0.5, 0.6) is 0 Å². The molecule has 0 spiro atoms. The van der Waals surface area contributed by atoms with E-state index in [0.717, 1.165) is 35.6 Å². The number of furan rings is 1. The summed E-state index contributed by atoms with van der Waals surface area (Å²) in [6.07, 6.45) is 3.06. The maximum absolute atomic E-state index is 12.8. The van der Waals surface area contributed by atoms with Gasteiger partial charge in [-0.2, -0.15) is 13.5 Å². The summed E-state index contributed by atoms with van der Waals surface area (Å²) >= 11 is 28.7. The van der Waals surface area contributed by atoms with E-state index in [0.29, 0.717) is 23.6 Å². The van der Waals surface area contributed by atoms with Crippen molar-refractivity contribution in [2.75, 3.05) is 41.6 Å². The molecule has 4 aromatic rings. The van der Waals surface area contributed by atoms with Crippen molar-refractivity contribution >= 4 is 91.2 Å². The molecule has 58 heavy (non-hydrogen) atoms. The molecule has 1 fully saturated rings. The van der Waals surface area contributed by atoms with Gasteiger partial charge in [0, 0.05) is 6.61 Å². The summed E-state index contributed by atoms with van der Waals surface area (Å²) in [5.74, 6) is -0.0610. The van der Waals surface area contributed by atoms with Gasteiger partial charge in [0.1, 0.15) is 36.0 Å². The van der Waals surface area contributed by atoms with Crippen molar-refractivity contribution in [2.45, 2.75) is 71.2 Å². The highest BCUT2D eigenvalue weighted by molar-refractivity contribution is 7.92. The van der Waals surface area contributed by atoms with E-state index in [1.165, 1.54) is 17.9 Å². The predicted molar refractivity (Wildman–Crippen MR) is 221 cm³/mol. The molecule has 1 unspecified atom stereocenters. The number of benzene rings is 2. The number of amides is 2. The van der Waals surface area contributed by atoms with Gasteiger partial charge < -0.3 is 18.8 Å². The Labute approximate surface area is 359 Å². The first-order valence-electron chi connectivity index (χ1n) is 17.3. The molecule has 1 atom stereocenters. The molecule has 0 aliphatic carbocycles. The number of alkyl halides is 5. The lowest BCUT2D eigenvalue weighted by Gasteiger charge is -2.29. The number of para-hydroxylation sites is 1. The number of hydrogen-bond acceptors (Lipinski definition) is 9. The maximum Gasteiger partial charge on any atom is 0.355 e. The normalized spacial score (nSPS) is 14.8. The third-order valence-electron chi connectivity index (χ3n) is 8.29. The fraction of sp³-hybridized carbons (Fsp3) is 0.444. The summed E-state index contributed by atoms with van der Waals surface area (Å²) in [4.78, 5) is 37.9. The Morgan fingerprint density at radius 1 is 1.10 bits per heavy atom. The number of nitrogens with zero attached hydrogens (tertiary/aromatic N) is 5. The zero-order chi connectivity index (χ0) is 43.7. The molecule has 2 aromatic heterocycles. The molecule has 1 N–H and O–H groups in total. The second-order valence-electron chi connectivity index (χ2n) is 12.9. The second kappa shape index (κ2) is 21.2. The van der Waals surface area contributed by atoms with Gasteiger partial charge in [-0.25, -0.2) is 17.8 Å². The molecule has 1 aliphatic rings. The Kier molecular flexibility index (Phi) is 17.9. The highest BCUT2D eigenvalue weighted by atomic mass is 35.5. The predicted octanol–water partition coefficient (Wildman–Crippen LogP) is 8.26. The van der Waals surface area contributed by atoms with Crippen LogP contribution in [0.3, 0.4) is 0 Å². The maximum atomic E-state index is 12.8. The number of rotatable bonds is 12. The summed E-state index contributed by atoms with van der Waals surface area (Å²) < 4.78 is 67.7. The molecule has 2 aromatic carbocycles. The third-order valence-corrected chi connectivity index (χ3v) is 10.1. The van der Waals surface area contributed by atoms with Gasteiger partial charge in [0.15, 0.2) is 4.84 Å². The Bertz CT molecular complexity index is 2200. The molecule has 1 aliphatic heterocycles. The van der Waals surface area contributed by atoms with Gasteiger partial charge in [-0.15, -0.1) is 16.7 Å². The van der Waals surface area contributed by atoms with E-state index in [-0.39, 0.29) is 62.3 Å². The zero-order valence-electron chi connectivity index (χ0n) is 32.4. The number of carbonyl (C=O) groups excluding carboxylic acids is 2. The van der Waals surface area contributed by atoms with Crippen LogP contribution in [0.25, 0.3) is 5.69 Å². The van der Waals surface area contributed by atoms with Crippen molar-refractivity contribution in [3.63, 3.8) is 0 Å². The Balaban J connectivity index is 0.000000236. The van der Waals surface area contributed by atoms with Crippen LogP contribution < -0.4 is 15.3 Å². The number of halogens is 7. The van der Waals surface area contributed by atoms with E-state index >= 15 is 0 Å². The number of nitrogens with one attached hydrogen (secondary N) is 1. The highest BCUT2D eigenvalue weighted by Crippen LogP contribution is 2.37. The van der Waals surface area contributed by atoms with Crippen LogP contribution in [0.2, 0.25) is 10.0 Å². The van der Waals surface area contributed by atoms with Crippen LogP contribution in [-0.4, -0.2) is 82.1 Å². The topological polar surface area (TPSA) is 158 Å². The van der Waals surface area contributed by atoms with Crippen molar-refractivity contribution in [3.05, 3.63) is 92.0 Å². The van der Waals surface area contributed by atoms with E-state index in [1.54, 1.807) is 31.1 Å². The van der Waals surface area contributed by atoms with Gasteiger partial charge in [0.05, 0.1) is 46.2 Å². The summed E-state index contributed by atoms with van der Waals surface area (Å²) in [6.45, 7) is 8.92. The summed E-state index contributed by atoms with van der Waals surface area (Å²) in [5, 5.41) is 3.63. The molecule has 1 saturated heterocycles.